The maximum Gasteiger partial charge on any atom is 0.270 e. The topological polar surface area (TPSA) is 104 Å². The Morgan fingerprint density at radius 3 is 2.58 bits per heavy atom. The first kappa shape index (κ1) is 28.8. The van der Waals surface area contributed by atoms with Gasteiger partial charge in [0.15, 0.2) is 0 Å². The van der Waals surface area contributed by atoms with E-state index in [2.05, 4.69) is 15.2 Å². The van der Waals surface area contributed by atoms with E-state index in [0.717, 1.165) is 19.4 Å². The Morgan fingerprint density at radius 1 is 1.00 bits per heavy atom. The van der Waals surface area contributed by atoms with Gasteiger partial charge in [0.2, 0.25) is 17.7 Å². The highest BCUT2D eigenvalue weighted by Crippen LogP contribution is 2.30. The van der Waals surface area contributed by atoms with Crippen LogP contribution in [-0.4, -0.2) is 109 Å². The van der Waals surface area contributed by atoms with Crippen LogP contribution in [0.4, 0.5) is 0 Å². The van der Waals surface area contributed by atoms with Gasteiger partial charge in [0.1, 0.15) is 12.3 Å². The van der Waals surface area contributed by atoms with E-state index in [1.54, 1.807) is 25.1 Å². The zero-order valence-electron chi connectivity index (χ0n) is 23.9. The van der Waals surface area contributed by atoms with Crippen LogP contribution in [0.3, 0.4) is 0 Å². The fourth-order valence-corrected chi connectivity index (χ4v) is 6.77. The summed E-state index contributed by atoms with van der Waals surface area (Å²) in [6.07, 6.45) is 8.65. The summed E-state index contributed by atoms with van der Waals surface area (Å²) in [5.41, 5.74) is 0.303. The lowest BCUT2D eigenvalue weighted by molar-refractivity contribution is -0.138. The number of likely N-dealkylation sites (tertiary alicyclic amines) is 1. The summed E-state index contributed by atoms with van der Waals surface area (Å²) in [5, 5.41) is 3.16. The summed E-state index contributed by atoms with van der Waals surface area (Å²) < 4.78 is 11.4. The number of nitrogens with one attached hydrogen (secondary N) is 1. The zero-order chi connectivity index (χ0) is 27.9. The number of pyridine rings is 1. The average molecular weight is 556 g/mol. The second-order valence-corrected chi connectivity index (χ2v) is 11.9. The van der Waals surface area contributed by atoms with Crippen LogP contribution in [0.2, 0.25) is 0 Å². The lowest BCUT2D eigenvalue weighted by Crippen LogP contribution is -2.50. The molecular formula is C30H45N5O5. The summed E-state index contributed by atoms with van der Waals surface area (Å²) in [7, 11) is 0. The molecule has 3 fully saturated rings. The van der Waals surface area contributed by atoms with Gasteiger partial charge in [0.25, 0.3) is 5.91 Å². The van der Waals surface area contributed by atoms with E-state index in [4.69, 9.17) is 9.47 Å². The zero-order valence-corrected chi connectivity index (χ0v) is 23.9. The van der Waals surface area contributed by atoms with Crippen molar-refractivity contribution in [1.29, 1.82) is 0 Å². The molecule has 6 rings (SSSR count). The molecule has 4 aliphatic heterocycles. The molecule has 6 bridgehead atoms. The molecule has 2 atom stereocenters. The fraction of sp³-hybridized carbons (Fsp3) is 0.733. The van der Waals surface area contributed by atoms with Crippen molar-refractivity contribution in [2.75, 3.05) is 59.1 Å². The summed E-state index contributed by atoms with van der Waals surface area (Å²) in [4.78, 5) is 50.0. The van der Waals surface area contributed by atoms with Crippen molar-refractivity contribution in [3.05, 3.63) is 23.9 Å². The Kier molecular flexibility index (Phi) is 9.91. The van der Waals surface area contributed by atoms with Gasteiger partial charge in [-0.2, -0.15) is 0 Å². The highest BCUT2D eigenvalue weighted by atomic mass is 16.5. The Hall–Kier alpha value is -2.72. The summed E-state index contributed by atoms with van der Waals surface area (Å²) in [5.74, 6) is 1.34. The van der Waals surface area contributed by atoms with Crippen LogP contribution in [0.1, 0.15) is 68.8 Å². The van der Waals surface area contributed by atoms with E-state index >= 15 is 0 Å². The summed E-state index contributed by atoms with van der Waals surface area (Å²) in [6, 6.07) is 4.85. The van der Waals surface area contributed by atoms with Crippen molar-refractivity contribution in [2.45, 2.75) is 70.4 Å². The molecule has 5 aliphatic rings. The number of rotatable bonds is 2. The SMILES string of the molecule is CC(=O)N1CCOCCOc2cccc(n2)C(=O)N[C@@H]2C[C@@H](C(=O)N3CCC(CC3)C1)N(CC1CCCCC1)C2. The number of piperidine rings is 1. The first-order valence-electron chi connectivity index (χ1n) is 15.2. The second kappa shape index (κ2) is 13.8. The van der Waals surface area contributed by atoms with Crippen molar-refractivity contribution in [3.8, 4) is 5.88 Å². The van der Waals surface area contributed by atoms with Crippen molar-refractivity contribution in [3.63, 3.8) is 0 Å². The van der Waals surface area contributed by atoms with Crippen LogP contribution in [0.5, 0.6) is 5.88 Å². The number of hydrogen-bond donors (Lipinski definition) is 1. The predicted octanol–water partition coefficient (Wildman–Crippen LogP) is 2.33. The van der Waals surface area contributed by atoms with Crippen LogP contribution >= 0.6 is 0 Å². The van der Waals surface area contributed by atoms with Crippen molar-refractivity contribution >= 4 is 17.7 Å². The van der Waals surface area contributed by atoms with E-state index in [0.29, 0.717) is 82.4 Å². The molecule has 10 nitrogen and oxygen atoms in total. The molecule has 1 aromatic rings. The molecular weight excluding hydrogens is 510 g/mol. The minimum absolute atomic E-state index is 0.0466. The van der Waals surface area contributed by atoms with Gasteiger partial charge in [0, 0.05) is 58.3 Å². The third-order valence-electron chi connectivity index (χ3n) is 9.03. The number of hydrogen-bond acceptors (Lipinski definition) is 7. The van der Waals surface area contributed by atoms with E-state index in [1.165, 1.54) is 32.1 Å². The molecule has 0 unspecified atom stereocenters. The fourth-order valence-electron chi connectivity index (χ4n) is 6.77. The van der Waals surface area contributed by atoms with Gasteiger partial charge in [-0.3, -0.25) is 19.3 Å². The van der Waals surface area contributed by atoms with Gasteiger partial charge in [-0.25, -0.2) is 4.98 Å². The summed E-state index contributed by atoms with van der Waals surface area (Å²) >= 11 is 0. The number of carbonyl (C=O) groups is 3. The molecule has 1 saturated carbocycles. The minimum atomic E-state index is -0.242. The van der Waals surface area contributed by atoms with Crippen LogP contribution in [0.15, 0.2) is 18.2 Å². The Bertz CT molecular complexity index is 1020. The molecule has 2 saturated heterocycles. The minimum Gasteiger partial charge on any atom is -0.475 e. The Morgan fingerprint density at radius 2 is 1.80 bits per heavy atom. The summed E-state index contributed by atoms with van der Waals surface area (Å²) in [6.45, 7) is 6.94. The predicted molar refractivity (Wildman–Crippen MR) is 150 cm³/mol. The normalized spacial score (nSPS) is 28.1. The van der Waals surface area contributed by atoms with Crippen molar-refractivity contribution in [2.24, 2.45) is 11.8 Å². The molecule has 40 heavy (non-hydrogen) atoms. The Balaban J connectivity index is 1.32. The number of amides is 3. The van der Waals surface area contributed by atoms with Crippen LogP contribution in [0.25, 0.3) is 0 Å². The van der Waals surface area contributed by atoms with E-state index in [-0.39, 0.29) is 29.8 Å². The molecule has 1 aliphatic carbocycles. The number of fused-ring (bicyclic) bond motifs is 10. The van der Waals surface area contributed by atoms with E-state index < -0.39 is 0 Å². The molecule has 1 N–H and O–H groups in total. The maximum absolute atomic E-state index is 13.9. The molecule has 1 aromatic heterocycles. The van der Waals surface area contributed by atoms with Crippen LogP contribution in [0, 0.1) is 11.8 Å². The lowest BCUT2D eigenvalue weighted by atomic mass is 9.88. The van der Waals surface area contributed by atoms with Gasteiger partial charge in [-0.15, -0.1) is 0 Å². The van der Waals surface area contributed by atoms with Crippen molar-refractivity contribution < 1.29 is 23.9 Å². The van der Waals surface area contributed by atoms with Gasteiger partial charge in [-0.05, 0) is 50.0 Å². The number of aromatic nitrogens is 1. The highest BCUT2D eigenvalue weighted by molar-refractivity contribution is 5.92. The lowest BCUT2D eigenvalue weighted by Gasteiger charge is -2.37. The van der Waals surface area contributed by atoms with Gasteiger partial charge in [0.05, 0.1) is 19.3 Å². The molecule has 10 heteroatoms. The molecule has 0 spiro atoms. The third kappa shape index (κ3) is 7.51. The van der Waals surface area contributed by atoms with Gasteiger partial charge >= 0.3 is 0 Å². The highest BCUT2D eigenvalue weighted by Gasteiger charge is 2.41. The molecule has 0 radical (unpaired) electrons. The number of nitrogens with zero attached hydrogens (tertiary/aromatic N) is 4. The van der Waals surface area contributed by atoms with Gasteiger partial charge in [-0.1, -0.05) is 25.3 Å². The average Bonchev–Trinajstić information content (AvgIpc) is 3.36. The van der Waals surface area contributed by atoms with E-state index in [9.17, 15) is 14.4 Å². The maximum atomic E-state index is 13.9. The Labute approximate surface area is 237 Å². The first-order chi connectivity index (χ1) is 19.5. The molecule has 0 aromatic carbocycles. The number of ether oxygens (including phenoxy) is 2. The first-order valence-corrected chi connectivity index (χ1v) is 15.2. The molecule has 3 amide bonds. The smallest absolute Gasteiger partial charge is 0.270 e. The van der Waals surface area contributed by atoms with Crippen LogP contribution in [-0.2, 0) is 14.3 Å². The van der Waals surface area contributed by atoms with E-state index in [1.807, 2.05) is 9.80 Å². The van der Waals surface area contributed by atoms with Gasteiger partial charge < -0.3 is 24.6 Å². The quantitative estimate of drug-likeness (QED) is 0.559. The largest absolute Gasteiger partial charge is 0.475 e. The molecule has 5 heterocycles. The van der Waals surface area contributed by atoms with Crippen LogP contribution < -0.4 is 10.1 Å². The second-order valence-electron chi connectivity index (χ2n) is 11.9. The third-order valence-corrected chi connectivity index (χ3v) is 9.03. The standard InChI is InChI=1S/C30H45N5O5/c1-22(36)34-14-15-39-16-17-40-28-9-5-8-26(32-28)29(37)31-25-18-27(30(38)33-12-10-24(19-34)11-13-33)35(21-25)20-23-6-3-2-4-7-23/h5,8-9,23-25,27H,2-4,6-7,10-21H2,1H3,(H,31,37)/t25-,27+/m1/s1. The monoisotopic (exact) mass is 555 g/mol. The number of carbonyl (C=O) groups excluding carboxylic acids is 3. The van der Waals surface area contributed by atoms with Crippen molar-refractivity contribution in [1.82, 2.24) is 25.0 Å². The molecule has 220 valence electrons.